The molecule has 2 aliphatic rings. The fraction of sp³-hybridized carbons (Fsp3) is 0.700. The summed E-state index contributed by atoms with van der Waals surface area (Å²) < 4.78 is 16.5. The van der Waals surface area contributed by atoms with E-state index in [2.05, 4.69) is 0 Å². The third-order valence-corrected chi connectivity index (χ3v) is 4.46. The SMILES string of the molecule is CC(C)(C)C(=O)OC[C@H]1O[C@@H](N2C=CC(=O)CC2=O)[C@H](O)[C@@H]1OC(=O)C(C)(C)C. The molecule has 0 aromatic rings. The summed E-state index contributed by atoms with van der Waals surface area (Å²) in [5.74, 6) is -1.96. The first-order valence-electron chi connectivity index (χ1n) is 9.46. The van der Waals surface area contributed by atoms with Crippen LogP contribution in [0.25, 0.3) is 0 Å². The summed E-state index contributed by atoms with van der Waals surface area (Å²) in [4.78, 5) is 49.2. The predicted molar refractivity (Wildman–Crippen MR) is 100 cm³/mol. The van der Waals surface area contributed by atoms with Gasteiger partial charge in [-0.2, -0.15) is 0 Å². The lowest BCUT2D eigenvalue weighted by Gasteiger charge is -2.29. The standard InChI is InChI=1S/C20H29NO8/c1-19(2,3)17(25)27-10-12-15(29-18(26)20(4,5)6)14(24)16(28-12)21-8-7-11(22)9-13(21)23/h7-8,12,14-16,24H,9-10H2,1-6H3/t12-,14-,15-,16-/m1/s1. The molecular weight excluding hydrogens is 382 g/mol. The van der Waals surface area contributed by atoms with Gasteiger partial charge in [0.05, 0.1) is 17.3 Å². The molecule has 0 aromatic carbocycles. The van der Waals surface area contributed by atoms with Gasteiger partial charge in [0.25, 0.3) is 0 Å². The van der Waals surface area contributed by atoms with Gasteiger partial charge in [0.2, 0.25) is 5.91 Å². The highest BCUT2D eigenvalue weighted by atomic mass is 16.6. The Balaban J connectivity index is 2.22. The Hall–Kier alpha value is -2.26. The highest BCUT2D eigenvalue weighted by Crippen LogP contribution is 2.31. The summed E-state index contributed by atoms with van der Waals surface area (Å²) in [5.41, 5.74) is -1.59. The van der Waals surface area contributed by atoms with Gasteiger partial charge in [0.15, 0.2) is 18.1 Å². The van der Waals surface area contributed by atoms with Crippen molar-refractivity contribution in [1.82, 2.24) is 4.90 Å². The van der Waals surface area contributed by atoms with E-state index < -0.39 is 53.2 Å². The number of amides is 1. The van der Waals surface area contributed by atoms with Crippen molar-refractivity contribution in [3.63, 3.8) is 0 Å². The van der Waals surface area contributed by atoms with Crippen LogP contribution in [0.3, 0.4) is 0 Å². The maximum absolute atomic E-state index is 12.4. The van der Waals surface area contributed by atoms with Crippen molar-refractivity contribution in [1.29, 1.82) is 0 Å². The molecule has 0 radical (unpaired) electrons. The van der Waals surface area contributed by atoms with E-state index in [1.54, 1.807) is 41.5 Å². The van der Waals surface area contributed by atoms with Crippen molar-refractivity contribution in [3.8, 4) is 0 Å². The summed E-state index contributed by atoms with van der Waals surface area (Å²) in [6, 6.07) is 0. The molecule has 1 saturated heterocycles. The molecule has 1 amide bonds. The molecule has 2 heterocycles. The lowest BCUT2D eigenvalue weighted by molar-refractivity contribution is -0.170. The zero-order valence-electron chi connectivity index (χ0n) is 17.6. The molecule has 9 nitrogen and oxygen atoms in total. The Labute approximate surface area is 170 Å². The van der Waals surface area contributed by atoms with Crippen molar-refractivity contribution < 1.29 is 38.5 Å². The number of nitrogens with zero attached hydrogens (tertiary/aromatic N) is 1. The van der Waals surface area contributed by atoms with E-state index >= 15 is 0 Å². The fourth-order valence-corrected chi connectivity index (χ4v) is 2.68. The largest absolute Gasteiger partial charge is 0.462 e. The molecular formula is C20H29NO8. The van der Waals surface area contributed by atoms with Gasteiger partial charge in [-0.1, -0.05) is 0 Å². The second-order valence-corrected chi connectivity index (χ2v) is 9.28. The minimum absolute atomic E-state index is 0.267. The van der Waals surface area contributed by atoms with Crippen LogP contribution in [0, 0.1) is 10.8 Å². The smallest absolute Gasteiger partial charge is 0.311 e. The zero-order valence-corrected chi connectivity index (χ0v) is 17.6. The van der Waals surface area contributed by atoms with Crippen molar-refractivity contribution in [2.75, 3.05) is 6.61 Å². The van der Waals surface area contributed by atoms with E-state index in [0.29, 0.717) is 0 Å². The van der Waals surface area contributed by atoms with Gasteiger partial charge in [0.1, 0.15) is 18.8 Å². The minimum Gasteiger partial charge on any atom is -0.462 e. The van der Waals surface area contributed by atoms with Gasteiger partial charge in [-0.05, 0) is 47.6 Å². The molecule has 0 bridgehead atoms. The van der Waals surface area contributed by atoms with Gasteiger partial charge in [0, 0.05) is 6.20 Å². The average Bonchev–Trinajstić information content (AvgIpc) is 2.87. The summed E-state index contributed by atoms with van der Waals surface area (Å²) in [7, 11) is 0. The van der Waals surface area contributed by atoms with E-state index in [1.807, 2.05) is 0 Å². The molecule has 2 rings (SSSR count). The first kappa shape index (κ1) is 23.0. The molecule has 9 heteroatoms. The topological polar surface area (TPSA) is 119 Å². The van der Waals surface area contributed by atoms with Crippen LogP contribution >= 0.6 is 0 Å². The van der Waals surface area contributed by atoms with Crippen LogP contribution in [0.4, 0.5) is 0 Å². The van der Waals surface area contributed by atoms with E-state index in [-0.39, 0.29) is 18.8 Å². The highest BCUT2D eigenvalue weighted by Gasteiger charge is 2.51. The first-order chi connectivity index (χ1) is 13.2. The number of allylic oxidation sites excluding steroid dienone is 1. The molecule has 1 fully saturated rings. The third-order valence-electron chi connectivity index (χ3n) is 4.46. The number of aliphatic hydroxyl groups is 1. The number of hydrogen-bond donors (Lipinski definition) is 1. The normalized spacial score (nSPS) is 27.9. The number of ketones is 1. The Bertz CT molecular complexity index is 715. The maximum Gasteiger partial charge on any atom is 0.311 e. The van der Waals surface area contributed by atoms with E-state index in [1.165, 1.54) is 12.3 Å². The number of carbonyl (C=O) groups excluding carboxylic acids is 4. The van der Waals surface area contributed by atoms with Crippen molar-refractivity contribution >= 4 is 23.6 Å². The highest BCUT2D eigenvalue weighted by molar-refractivity contribution is 6.06. The van der Waals surface area contributed by atoms with Crippen molar-refractivity contribution in [3.05, 3.63) is 12.3 Å². The molecule has 29 heavy (non-hydrogen) atoms. The number of carbonyl (C=O) groups is 4. The third kappa shape index (κ3) is 5.42. The predicted octanol–water partition coefficient (Wildman–Crippen LogP) is 0.934. The van der Waals surface area contributed by atoms with E-state index in [9.17, 15) is 24.3 Å². The lowest BCUT2D eigenvalue weighted by Crippen LogP contribution is -2.47. The molecule has 2 aliphatic heterocycles. The summed E-state index contributed by atoms with van der Waals surface area (Å²) in [6.07, 6.45) is -2.61. The van der Waals surface area contributed by atoms with Crippen LogP contribution in [-0.4, -0.2) is 64.8 Å². The van der Waals surface area contributed by atoms with Gasteiger partial charge in [-0.25, -0.2) is 0 Å². The molecule has 0 aromatic heterocycles. The molecule has 0 aliphatic carbocycles. The van der Waals surface area contributed by atoms with Gasteiger partial charge in [-0.15, -0.1) is 0 Å². The fourth-order valence-electron chi connectivity index (χ4n) is 2.68. The number of hydrogen-bond acceptors (Lipinski definition) is 8. The second kappa shape index (κ2) is 8.23. The van der Waals surface area contributed by atoms with E-state index in [4.69, 9.17) is 14.2 Å². The van der Waals surface area contributed by atoms with Crippen LogP contribution in [-0.2, 0) is 33.4 Å². The summed E-state index contributed by atoms with van der Waals surface area (Å²) >= 11 is 0. The number of rotatable bonds is 4. The molecule has 4 atom stereocenters. The molecule has 162 valence electrons. The van der Waals surface area contributed by atoms with Gasteiger partial charge >= 0.3 is 11.9 Å². The lowest BCUT2D eigenvalue weighted by atomic mass is 9.97. The van der Waals surface area contributed by atoms with Gasteiger partial charge < -0.3 is 19.3 Å². The average molecular weight is 411 g/mol. The Morgan fingerprint density at radius 2 is 1.72 bits per heavy atom. The zero-order chi connectivity index (χ0) is 22.1. The molecule has 0 unspecified atom stereocenters. The number of esters is 2. The Morgan fingerprint density at radius 1 is 1.14 bits per heavy atom. The monoisotopic (exact) mass is 411 g/mol. The van der Waals surface area contributed by atoms with Crippen LogP contribution in [0.5, 0.6) is 0 Å². The van der Waals surface area contributed by atoms with Crippen molar-refractivity contribution in [2.24, 2.45) is 10.8 Å². The molecule has 1 N–H and O–H groups in total. The number of ether oxygens (including phenoxy) is 3. The van der Waals surface area contributed by atoms with Gasteiger partial charge in [-0.3, -0.25) is 24.1 Å². The van der Waals surface area contributed by atoms with Crippen LogP contribution < -0.4 is 0 Å². The van der Waals surface area contributed by atoms with E-state index in [0.717, 1.165) is 4.90 Å². The second-order valence-electron chi connectivity index (χ2n) is 9.28. The molecule has 0 spiro atoms. The van der Waals surface area contributed by atoms with Crippen LogP contribution in [0.15, 0.2) is 12.3 Å². The Morgan fingerprint density at radius 3 is 2.24 bits per heavy atom. The Kier molecular flexibility index (Phi) is 6.54. The maximum atomic E-state index is 12.4. The quantitative estimate of drug-likeness (QED) is 0.536. The molecule has 0 saturated carbocycles. The summed E-state index contributed by atoms with van der Waals surface area (Å²) in [6.45, 7) is 9.77. The summed E-state index contributed by atoms with van der Waals surface area (Å²) in [5, 5.41) is 10.7. The van der Waals surface area contributed by atoms with Crippen LogP contribution in [0.1, 0.15) is 48.0 Å². The first-order valence-corrected chi connectivity index (χ1v) is 9.46. The minimum atomic E-state index is -1.39. The number of aliphatic hydroxyl groups excluding tert-OH is 1. The van der Waals surface area contributed by atoms with Crippen molar-refractivity contribution in [2.45, 2.75) is 72.5 Å². The van der Waals surface area contributed by atoms with Crippen LogP contribution in [0.2, 0.25) is 0 Å².